The zero-order chi connectivity index (χ0) is 10.1. The van der Waals surface area contributed by atoms with Crippen molar-refractivity contribution >= 4 is 45.7 Å². The lowest BCUT2D eigenvalue weighted by atomic mass is 10.2. The fourth-order valence-corrected chi connectivity index (χ4v) is 2.65. The maximum absolute atomic E-state index is 13.4. The lowest BCUT2D eigenvalue weighted by Gasteiger charge is -1.99. The van der Waals surface area contributed by atoms with Crippen LogP contribution >= 0.6 is 45.7 Å². The van der Waals surface area contributed by atoms with Crippen LogP contribution in [0.3, 0.4) is 0 Å². The van der Waals surface area contributed by atoms with E-state index in [-0.39, 0.29) is 5.82 Å². The molecule has 14 heavy (non-hydrogen) atoms. The van der Waals surface area contributed by atoms with Gasteiger partial charge < -0.3 is 0 Å². The number of hydrogen-bond donors (Lipinski definition) is 0. The Kier molecular flexibility index (Phi) is 2.99. The molecule has 1 heterocycles. The van der Waals surface area contributed by atoms with Crippen molar-refractivity contribution in [3.05, 3.63) is 32.9 Å². The molecule has 0 atom stereocenters. The van der Waals surface area contributed by atoms with Crippen LogP contribution in [-0.4, -0.2) is 9.36 Å². The fraction of sp³-hybridized carbons (Fsp3) is 0. The summed E-state index contributed by atoms with van der Waals surface area (Å²) in [4.78, 5) is 4.07. The second-order valence-corrected chi connectivity index (χ2v) is 4.59. The molecule has 0 unspecified atom stereocenters. The van der Waals surface area contributed by atoms with Gasteiger partial charge in [0, 0.05) is 22.6 Å². The predicted molar refractivity (Wildman–Crippen MR) is 63.0 cm³/mol. The molecular formula is C8H3ClFIN2S. The Balaban J connectivity index is 2.61. The molecule has 6 heteroatoms. The molecule has 0 spiro atoms. The highest BCUT2D eigenvalue weighted by atomic mass is 127. The Morgan fingerprint density at radius 1 is 1.43 bits per heavy atom. The van der Waals surface area contributed by atoms with Crippen LogP contribution in [0.5, 0.6) is 0 Å². The van der Waals surface area contributed by atoms with Crippen molar-refractivity contribution in [3.8, 4) is 10.6 Å². The predicted octanol–water partition coefficient (Wildman–Crippen LogP) is 3.60. The highest BCUT2D eigenvalue weighted by Gasteiger charge is 2.13. The van der Waals surface area contributed by atoms with E-state index in [4.69, 9.17) is 11.6 Å². The van der Waals surface area contributed by atoms with Gasteiger partial charge in [-0.2, -0.15) is 4.37 Å². The van der Waals surface area contributed by atoms with Crippen LogP contribution in [0.25, 0.3) is 10.6 Å². The molecule has 0 saturated carbocycles. The van der Waals surface area contributed by atoms with E-state index in [1.807, 2.05) is 22.6 Å². The average molecular weight is 341 g/mol. The number of rotatable bonds is 1. The third kappa shape index (κ3) is 1.89. The van der Waals surface area contributed by atoms with Crippen molar-refractivity contribution in [2.24, 2.45) is 0 Å². The zero-order valence-electron chi connectivity index (χ0n) is 6.67. The van der Waals surface area contributed by atoms with Gasteiger partial charge >= 0.3 is 0 Å². The van der Waals surface area contributed by atoms with E-state index in [0.29, 0.717) is 19.4 Å². The van der Waals surface area contributed by atoms with Gasteiger partial charge in [0.15, 0.2) is 0 Å². The highest BCUT2D eigenvalue weighted by Crippen LogP contribution is 2.31. The van der Waals surface area contributed by atoms with Gasteiger partial charge in [-0.05, 0) is 23.7 Å². The first-order valence-corrected chi connectivity index (χ1v) is 5.85. The number of benzene rings is 1. The molecule has 0 amide bonds. The SMILES string of the molecule is Fc1cccc(Cl)c1-c1nc(I)ns1. The lowest BCUT2D eigenvalue weighted by Crippen LogP contribution is -1.84. The number of hydrogen-bond acceptors (Lipinski definition) is 3. The monoisotopic (exact) mass is 340 g/mol. The molecule has 1 aromatic heterocycles. The normalized spacial score (nSPS) is 10.5. The van der Waals surface area contributed by atoms with E-state index in [9.17, 15) is 4.39 Å². The van der Waals surface area contributed by atoms with E-state index < -0.39 is 0 Å². The number of nitrogens with zero attached hydrogens (tertiary/aromatic N) is 2. The van der Waals surface area contributed by atoms with Gasteiger partial charge in [0.05, 0.1) is 10.6 Å². The van der Waals surface area contributed by atoms with E-state index in [2.05, 4.69) is 9.36 Å². The summed E-state index contributed by atoms with van der Waals surface area (Å²) in [5.74, 6) is -0.370. The summed E-state index contributed by atoms with van der Waals surface area (Å²) in [6.07, 6.45) is 0. The van der Waals surface area contributed by atoms with Crippen molar-refractivity contribution in [2.45, 2.75) is 0 Å². The molecule has 0 bridgehead atoms. The van der Waals surface area contributed by atoms with Crippen LogP contribution in [0.1, 0.15) is 0 Å². The van der Waals surface area contributed by atoms with E-state index in [1.54, 1.807) is 12.1 Å². The number of halogens is 3. The summed E-state index contributed by atoms with van der Waals surface area (Å²) in [5.41, 5.74) is 0.328. The smallest absolute Gasteiger partial charge is 0.203 e. The molecule has 0 fully saturated rings. The van der Waals surface area contributed by atoms with Gasteiger partial charge in [-0.1, -0.05) is 17.7 Å². The Morgan fingerprint density at radius 2 is 2.21 bits per heavy atom. The second-order valence-electron chi connectivity index (χ2n) is 2.47. The van der Waals surface area contributed by atoms with Crippen molar-refractivity contribution < 1.29 is 4.39 Å². The van der Waals surface area contributed by atoms with Crippen LogP contribution < -0.4 is 0 Å². The molecule has 2 rings (SSSR count). The maximum atomic E-state index is 13.4. The third-order valence-electron chi connectivity index (χ3n) is 1.58. The molecule has 0 saturated heterocycles. The first-order chi connectivity index (χ1) is 6.68. The standard InChI is InChI=1S/C8H3ClFIN2S/c9-4-2-1-3-5(10)6(4)7-12-8(11)13-14-7/h1-3H. The summed E-state index contributed by atoms with van der Waals surface area (Å²) >= 11 is 8.98. The fourth-order valence-electron chi connectivity index (χ4n) is 1.01. The van der Waals surface area contributed by atoms with E-state index in [0.717, 1.165) is 11.5 Å². The van der Waals surface area contributed by atoms with Crippen molar-refractivity contribution in [2.75, 3.05) is 0 Å². The minimum atomic E-state index is -0.370. The van der Waals surface area contributed by atoms with Crippen LogP contribution in [-0.2, 0) is 0 Å². The van der Waals surface area contributed by atoms with Crippen LogP contribution in [0.4, 0.5) is 4.39 Å². The van der Waals surface area contributed by atoms with Gasteiger partial charge in [0.2, 0.25) is 3.83 Å². The Hall–Kier alpha value is -0.270. The second kappa shape index (κ2) is 4.08. The maximum Gasteiger partial charge on any atom is 0.203 e. The van der Waals surface area contributed by atoms with Crippen LogP contribution in [0.2, 0.25) is 5.02 Å². The topological polar surface area (TPSA) is 25.8 Å². The molecule has 1 aromatic carbocycles. The van der Waals surface area contributed by atoms with E-state index >= 15 is 0 Å². The van der Waals surface area contributed by atoms with E-state index in [1.165, 1.54) is 6.07 Å². The summed E-state index contributed by atoms with van der Waals surface area (Å²) in [6.45, 7) is 0. The summed E-state index contributed by atoms with van der Waals surface area (Å²) in [5, 5.41) is 0.870. The lowest BCUT2D eigenvalue weighted by molar-refractivity contribution is 0.631. The van der Waals surface area contributed by atoms with Gasteiger partial charge in [0.1, 0.15) is 10.8 Å². The Labute approximate surface area is 102 Å². The molecule has 2 nitrogen and oxygen atoms in total. The highest BCUT2D eigenvalue weighted by molar-refractivity contribution is 14.1. The van der Waals surface area contributed by atoms with Crippen molar-refractivity contribution in [1.82, 2.24) is 9.36 Å². The minimum absolute atomic E-state index is 0.328. The zero-order valence-corrected chi connectivity index (χ0v) is 10.4. The minimum Gasteiger partial charge on any atom is -0.209 e. The quantitative estimate of drug-likeness (QED) is 0.741. The molecule has 0 aliphatic carbocycles. The largest absolute Gasteiger partial charge is 0.209 e. The van der Waals surface area contributed by atoms with Gasteiger partial charge in [-0.15, -0.1) is 0 Å². The summed E-state index contributed by atoms with van der Waals surface area (Å²) < 4.78 is 18.0. The number of aromatic nitrogens is 2. The van der Waals surface area contributed by atoms with Gasteiger partial charge in [-0.25, -0.2) is 9.37 Å². The Bertz CT molecular complexity index is 454. The molecule has 0 aliphatic rings. The van der Waals surface area contributed by atoms with Crippen molar-refractivity contribution in [3.63, 3.8) is 0 Å². The molecule has 2 aromatic rings. The van der Waals surface area contributed by atoms with Crippen molar-refractivity contribution in [1.29, 1.82) is 0 Å². The molecular weight excluding hydrogens is 338 g/mol. The molecule has 72 valence electrons. The first kappa shape index (κ1) is 10.3. The third-order valence-corrected chi connectivity index (χ3v) is 3.44. The van der Waals surface area contributed by atoms with Crippen LogP contribution in [0.15, 0.2) is 18.2 Å². The van der Waals surface area contributed by atoms with Crippen LogP contribution in [0, 0.1) is 9.65 Å². The molecule has 0 radical (unpaired) electrons. The van der Waals surface area contributed by atoms with Gasteiger partial charge in [0.25, 0.3) is 0 Å². The molecule has 0 aliphatic heterocycles. The molecule has 0 N–H and O–H groups in total. The van der Waals surface area contributed by atoms with Gasteiger partial charge in [-0.3, -0.25) is 0 Å². The Morgan fingerprint density at radius 3 is 2.79 bits per heavy atom. The first-order valence-electron chi connectivity index (χ1n) is 3.62. The summed E-state index contributed by atoms with van der Waals surface area (Å²) in [7, 11) is 0. The summed E-state index contributed by atoms with van der Waals surface area (Å²) in [6, 6.07) is 4.55. The average Bonchev–Trinajstić information content (AvgIpc) is 2.51.